The standard InChI is InChI=1S/C78H139N2O7P/c1-7-10-13-16-19-22-25-28-30-32-34-36-38-39-40-41-43-44-46-48-50-52-55-58-61-64-67-70-77(81)79-75(74-86-88(83,84)85-73-72-80(4,5)6)76(69-66-63-60-57-54-27-24-21-18-15-12-9-3)87-78(82)71-68-65-62-59-56-53-51-49-47-45-42-37-35-33-31-29-26-23-20-17-14-11-8-2/h10,13,19-20,22-23,28-31,34-37,39-40,66,69,75-76H,7-9,11-12,14-18,21,24-27,32-33,38,41-65,67-68,70-74H2,1-6H3,(H-,79,81,83,84)/p+1/b13-10-,22-19-,23-20-,30-28-,31-29-,36-34-,37-35-,40-39-,69-66-. The van der Waals surface area contributed by atoms with Gasteiger partial charge in [0.1, 0.15) is 19.3 Å². The fraction of sp³-hybridized carbons (Fsp3) is 0.744. The summed E-state index contributed by atoms with van der Waals surface area (Å²) in [6.07, 6.45) is 92.4. The number of amides is 1. The van der Waals surface area contributed by atoms with Crippen LogP contribution in [0.4, 0.5) is 0 Å². The highest BCUT2D eigenvalue weighted by atomic mass is 31.2. The molecule has 508 valence electrons. The van der Waals surface area contributed by atoms with Crippen LogP contribution >= 0.6 is 7.82 Å². The number of esters is 1. The van der Waals surface area contributed by atoms with Crippen LogP contribution in [0.5, 0.6) is 0 Å². The van der Waals surface area contributed by atoms with Crippen molar-refractivity contribution in [2.24, 2.45) is 0 Å². The van der Waals surface area contributed by atoms with E-state index in [1.165, 1.54) is 186 Å². The van der Waals surface area contributed by atoms with Crippen LogP contribution in [0.25, 0.3) is 0 Å². The number of nitrogens with zero attached hydrogens (tertiary/aromatic N) is 1. The minimum absolute atomic E-state index is 0.0350. The summed E-state index contributed by atoms with van der Waals surface area (Å²) in [5.74, 6) is -0.510. The molecule has 0 aromatic carbocycles. The molecule has 1 amide bonds. The number of phosphoric ester groups is 1. The number of phosphoric acid groups is 1. The van der Waals surface area contributed by atoms with Crippen LogP contribution in [0.1, 0.15) is 323 Å². The molecule has 0 aliphatic carbocycles. The lowest BCUT2D eigenvalue weighted by Crippen LogP contribution is -2.47. The first-order chi connectivity index (χ1) is 42.9. The number of nitrogens with one attached hydrogen (secondary N) is 1. The molecule has 0 saturated heterocycles. The number of hydrogen-bond acceptors (Lipinski definition) is 6. The van der Waals surface area contributed by atoms with E-state index >= 15 is 0 Å². The van der Waals surface area contributed by atoms with E-state index in [-0.39, 0.29) is 31.5 Å². The number of hydrogen-bond donors (Lipinski definition) is 2. The zero-order valence-electron chi connectivity index (χ0n) is 58.2. The smallest absolute Gasteiger partial charge is 0.456 e. The molecule has 2 N–H and O–H groups in total. The van der Waals surface area contributed by atoms with Gasteiger partial charge >= 0.3 is 13.8 Å². The predicted octanol–water partition coefficient (Wildman–Crippen LogP) is 23.6. The molecule has 0 fully saturated rings. The number of quaternary nitrogens is 1. The van der Waals surface area contributed by atoms with E-state index in [1.54, 1.807) is 0 Å². The van der Waals surface area contributed by atoms with Crippen molar-refractivity contribution in [3.8, 4) is 0 Å². The van der Waals surface area contributed by atoms with Crippen molar-refractivity contribution in [1.82, 2.24) is 5.32 Å². The second kappa shape index (κ2) is 66.6. The van der Waals surface area contributed by atoms with Gasteiger partial charge < -0.3 is 19.4 Å². The van der Waals surface area contributed by atoms with Gasteiger partial charge in [-0.05, 0) is 115 Å². The minimum atomic E-state index is -4.46. The van der Waals surface area contributed by atoms with E-state index in [2.05, 4.69) is 123 Å². The van der Waals surface area contributed by atoms with Gasteiger partial charge in [0.2, 0.25) is 5.91 Å². The zero-order valence-corrected chi connectivity index (χ0v) is 59.1. The maximum atomic E-state index is 13.6. The van der Waals surface area contributed by atoms with Crippen LogP contribution in [0.3, 0.4) is 0 Å². The third kappa shape index (κ3) is 67.1. The third-order valence-corrected chi connectivity index (χ3v) is 16.9. The molecule has 9 nitrogen and oxygen atoms in total. The lowest BCUT2D eigenvalue weighted by atomic mass is 10.0. The fourth-order valence-electron chi connectivity index (χ4n) is 10.3. The van der Waals surface area contributed by atoms with Gasteiger partial charge in [-0.25, -0.2) is 4.57 Å². The number of ether oxygens (including phenoxy) is 1. The average Bonchev–Trinajstić information content (AvgIpc) is 3.66. The van der Waals surface area contributed by atoms with Gasteiger partial charge in [0, 0.05) is 12.8 Å². The van der Waals surface area contributed by atoms with Crippen LogP contribution in [-0.4, -0.2) is 74.3 Å². The topological polar surface area (TPSA) is 111 Å². The number of allylic oxidation sites excluding steroid dienone is 17. The summed E-state index contributed by atoms with van der Waals surface area (Å²) in [4.78, 5) is 38.0. The Labute approximate surface area is 544 Å². The molecule has 3 unspecified atom stereocenters. The highest BCUT2D eigenvalue weighted by molar-refractivity contribution is 7.47. The Morgan fingerprint density at radius 2 is 0.727 bits per heavy atom. The molecule has 0 spiro atoms. The van der Waals surface area contributed by atoms with Crippen LogP contribution in [0.15, 0.2) is 109 Å². The molecule has 0 radical (unpaired) electrons. The van der Waals surface area contributed by atoms with Gasteiger partial charge in [-0.2, -0.15) is 0 Å². The van der Waals surface area contributed by atoms with Gasteiger partial charge in [0.05, 0.1) is 33.8 Å². The van der Waals surface area contributed by atoms with E-state index in [9.17, 15) is 19.0 Å². The van der Waals surface area contributed by atoms with E-state index in [0.29, 0.717) is 17.4 Å². The van der Waals surface area contributed by atoms with Gasteiger partial charge in [0.15, 0.2) is 0 Å². The van der Waals surface area contributed by atoms with E-state index < -0.39 is 20.0 Å². The molecule has 3 atom stereocenters. The van der Waals surface area contributed by atoms with Gasteiger partial charge in [0.25, 0.3) is 0 Å². The Kier molecular flexibility index (Phi) is 64.1. The zero-order chi connectivity index (χ0) is 64.2. The van der Waals surface area contributed by atoms with Crippen molar-refractivity contribution in [3.63, 3.8) is 0 Å². The molecular weight excluding hydrogens is 1110 g/mol. The highest BCUT2D eigenvalue weighted by Gasteiger charge is 2.30. The molecule has 0 aromatic rings. The molecule has 10 heteroatoms. The summed E-state index contributed by atoms with van der Waals surface area (Å²) in [5, 5.41) is 3.07. The summed E-state index contributed by atoms with van der Waals surface area (Å²) < 4.78 is 30.9. The first-order valence-electron chi connectivity index (χ1n) is 36.7. The number of likely N-dealkylation sites (N-methyl/N-ethyl adjacent to an activating group) is 1. The van der Waals surface area contributed by atoms with Crippen LogP contribution in [0.2, 0.25) is 0 Å². The summed E-state index contributed by atoms with van der Waals surface area (Å²) in [6, 6.07) is -0.859. The maximum Gasteiger partial charge on any atom is 0.472 e. The average molecular weight is 1250 g/mol. The summed E-state index contributed by atoms with van der Waals surface area (Å²) >= 11 is 0. The Balaban J connectivity index is 5.04. The van der Waals surface area contributed by atoms with Crippen molar-refractivity contribution in [1.29, 1.82) is 0 Å². The molecule has 0 aliphatic heterocycles. The van der Waals surface area contributed by atoms with E-state index in [1.807, 2.05) is 33.3 Å². The Morgan fingerprint density at radius 3 is 1.11 bits per heavy atom. The SMILES string of the molecule is CC/C=C\C/C=C\C/C=C\C/C=C\C/C=C\CCCCCCCCCCCCCC(=O)NC(COP(=O)(O)OCC[N+](C)(C)C)C(/C=C\CCCCCCCCCCCC)OC(=O)CCCCCCCCCCCC/C=C\C/C=C\C/C=C\CCCCC. The second-order valence-electron chi connectivity index (χ2n) is 25.7. The van der Waals surface area contributed by atoms with Crippen LogP contribution in [0, 0.1) is 0 Å². The van der Waals surface area contributed by atoms with E-state index in [0.717, 1.165) is 103 Å². The van der Waals surface area contributed by atoms with Gasteiger partial charge in [-0.15, -0.1) is 0 Å². The molecule has 0 heterocycles. The van der Waals surface area contributed by atoms with Crippen molar-refractivity contribution >= 4 is 19.7 Å². The Morgan fingerprint density at radius 1 is 0.409 bits per heavy atom. The van der Waals surface area contributed by atoms with Crippen molar-refractivity contribution < 1.29 is 37.3 Å². The lowest BCUT2D eigenvalue weighted by molar-refractivity contribution is -0.870. The van der Waals surface area contributed by atoms with Crippen molar-refractivity contribution in [3.05, 3.63) is 109 Å². The Bertz CT molecular complexity index is 1870. The monoisotopic (exact) mass is 1250 g/mol. The number of unbranched alkanes of at least 4 members (excludes halogenated alkanes) is 34. The summed E-state index contributed by atoms with van der Waals surface area (Å²) in [6.45, 7) is 6.89. The largest absolute Gasteiger partial charge is 0.472 e. The molecule has 0 aromatic heterocycles. The molecule has 88 heavy (non-hydrogen) atoms. The highest BCUT2D eigenvalue weighted by Crippen LogP contribution is 2.43. The quantitative estimate of drug-likeness (QED) is 0.0205. The lowest BCUT2D eigenvalue weighted by Gasteiger charge is -2.27. The summed E-state index contributed by atoms with van der Waals surface area (Å²) in [7, 11) is 1.49. The third-order valence-electron chi connectivity index (χ3n) is 15.9. The number of carbonyl (C=O) groups excluding carboxylic acids is 2. The molecule has 0 saturated carbocycles. The Hall–Kier alpha value is -3.33. The normalized spacial score (nSPS) is 14.1. The first-order valence-corrected chi connectivity index (χ1v) is 38.2. The molecule has 0 bridgehead atoms. The van der Waals surface area contributed by atoms with Crippen molar-refractivity contribution in [2.75, 3.05) is 40.9 Å². The number of rotatable bonds is 66. The van der Waals surface area contributed by atoms with E-state index in [4.69, 9.17) is 13.8 Å². The second-order valence-corrected chi connectivity index (χ2v) is 27.2. The molecular formula is C78H140N2O7P+. The predicted molar refractivity (Wildman–Crippen MR) is 383 cm³/mol. The van der Waals surface area contributed by atoms with Gasteiger partial charge in [-0.1, -0.05) is 304 Å². The van der Waals surface area contributed by atoms with Gasteiger partial charge in [-0.3, -0.25) is 18.6 Å². The molecule has 0 aliphatic rings. The first kappa shape index (κ1) is 84.7. The summed E-state index contributed by atoms with van der Waals surface area (Å²) in [5.41, 5.74) is 0. The maximum absolute atomic E-state index is 13.6. The van der Waals surface area contributed by atoms with Crippen LogP contribution < -0.4 is 5.32 Å². The number of carbonyl (C=O) groups is 2. The van der Waals surface area contributed by atoms with Crippen molar-refractivity contribution in [2.45, 2.75) is 335 Å². The molecule has 0 rings (SSSR count). The fourth-order valence-corrected chi connectivity index (χ4v) is 11.1. The minimum Gasteiger partial charge on any atom is -0.456 e. The van der Waals surface area contributed by atoms with Crippen LogP contribution in [-0.2, 0) is 27.9 Å².